The van der Waals surface area contributed by atoms with Crippen molar-refractivity contribution in [3.05, 3.63) is 52.1 Å². The van der Waals surface area contributed by atoms with Crippen LogP contribution in [-0.2, 0) is 0 Å². The summed E-state index contributed by atoms with van der Waals surface area (Å²) in [4.78, 5) is 11.3. The SMILES string of the molecule is CC(C)=CCC/C(C)=C/CC[C@@]1(C)C=Cc2c(cc(C)c(C(=O)O)c2[O-])O1. The van der Waals surface area contributed by atoms with E-state index in [1.807, 2.05) is 13.0 Å². The molecule has 0 amide bonds. The van der Waals surface area contributed by atoms with E-state index in [4.69, 9.17) is 4.74 Å². The van der Waals surface area contributed by atoms with Crippen molar-refractivity contribution in [2.24, 2.45) is 0 Å². The Kier molecular flexibility index (Phi) is 6.53. The molecule has 2 rings (SSSR count). The van der Waals surface area contributed by atoms with Gasteiger partial charge in [0.25, 0.3) is 0 Å². The summed E-state index contributed by atoms with van der Waals surface area (Å²) in [5.41, 5.74) is 2.77. The summed E-state index contributed by atoms with van der Waals surface area (Å²) in [6, 6.07) is 1.66. The minimum atomic E-state index is -1.20. The summed E-state index contributed by atoms with van der Waals surface area (Å²) in [6.45, 7) is 9.98. The Morgan fingerprint density at radius 3 is 2.59 bits per heavy atom. The molecule has 1 aliphatic heterocycles. The topological polar surface area (TPSA) is 69.6 Å². The Hall–Kier alpha value is -2.49. The Morgan fingerprint density at radius 2 is 1.96 bits per heavy atom. The number of carbonyl (C=O) groups is 1. The zero-order chi connectivity index (χ0) is 20.2. The third-order valence-electron chi connectivity index (χ3n) is 4.86. The molecule has 146 valence electrons. The van der Waals surface area contributed by atoms with Crippen molar-refractivity contribution in [3.8, 4) is 11.5 Å². The summed E-state index contributed by atoms with van der Waals surface area (Å²) in [7, 11) is 0. The Bertz CT molecular complexity index is 810. The van der Waals surface area contributed by atoms with E-state index >= 15 is 0 Å². The summed E-state index contributed by atoms with van der Waals surface area (Å²) < 4.78 is 6.09. The number of ether oxygens (including phenoxy) is 1. The molecule has 0 radical (unpaired) electrons. The summed E-state index contributed by atoms with van der Waals surface area (Å²) in [5.74, 6) is -1.21. The molecule has 0 unspecified atom stereocenters. The van der Waals surface area contributed by atoms with E-state index in [1.54, 1.807) is 19.1 Å². The molecule has 1 N–H and O–H groups in total. The van der Waals surface area contributed by atoms with Crippen molar-refractivity contribution < 1.29 is 19.7 Å². The third-order valence-corrected chi connectivity index (χ3v) is 4.86. The molecule has 1 atom stereocenters. The minimum absolute atomic E-state index is 0.180. The Labute approximate surface area is 161 Å². The number of carboxylic acid groups (broad SMARTS) is 1. The number of hydrogen-bond donors (Lipinski definition) is 1. The molecule has 0 fully saturated rings. The van der Waals surface area contributed by atoms with Crippen LogP contribution in [0.1, 0.15) is 74.9 Å². The fraction of sp³-hybridized carbons (Fsp3) is 0.435. The molecule has 27 heavy (non-hydrogen) atoms. The zero-order valence-corrected chi connectivity index (χ0v) is 16.9. The number of aryl methyl sites for hydroxylation is 1. The van der Waals surface area contributed by atoms with Gasteiger partial charge in [0, 0.05) is 5.56 Å². The number of allylic oxidation sites excluding steroid dienone is 4. The van der Waals surface area contributed by atoms with Gasteiger partial charge < -0.3 is 14.9 Å². The average Bonchev–Trinajstić information content (AvgIpc) is 2.53. The van der Waals surface area contributed by atoms with Crippen molar-refractivity contribution in [2.45, 2.75) is 65.9 Å². The molecule has 0 saturated carbocycles. The van der Waals surface area contributed by atoms with Crippen LogP contribution in [0.25, 0.3) is 6.08 Å². The van der Waals surface area contributed by atoms with Crippen LogP contribution in [0.15, 0.2) is 35.4 Å². The molecule has 0 aliphatic carbocycles. The van der Waals surface area contributed by atoms with Gasteiger partial charge in [-0.1, -0.05) is 35.1 Å². The highest BCUT2D eigenvalue weighted by Crippen LogP contribution is 2.40. The lowest BCUT2D eigenvalue weighted by molar-refractivity contribution is -0.269. The largest absolute Gasteiger partial charge is 0.871 e. The average molecular weight is 369 g/mol. The van der Waals surface area contributed by atoms with Crippen LogP contribution in [0.5, 0.6) is 11.5 Å². The van der Waals surface area contributed by atoms with Crippen LogP contribution < -0.4 is 9.84 Å². The molecular weight excluding hydrogens is 340 g/mol. The molecule has 0 spiro atoms. The van der Waals surface area contributed by atoms with Gasteiger partial charge in [0.15, 0.2) is 0 Å². The first-order valence-corrected chi connectivity index (χ1v) is 9.38. The summed E-state index contributed by atoms with van der Waals surface area (Å²) in [5, 5.41) is 21.6. The number of benzene rings is 1. The maximum atomic E-state index is 12.4. The van der Waals surface area contributed by atoms with Crippen molar-refractivity contribution in [2.75, 3.05) is 0 Å². The maximum absolute atomic E-state index is 12.4. The van der Waals surface area contributed by atoms with E-state index in [2.05, 4.69) is 32.9 Å². The number of fused-ring (bicyclic) bond motifs is 1. The maximum Gasteiger partial charge on any atom is 0.335 e. The molecule has 1 aromatic carbocycles. The monoisotopic (exact) mass is 369 g/mol. The summed E-state index contributed by atoms with van der Waals surface area (Å²) in [6.07, 6.45) is 11.8. The van der Waals surface area contributed by atoms with Crippen molar-refractivity contribution in [1.82, 2.24) is 0 Å². The van der Waals surface area contributed by atoms with Gasteiger partial charge in [0.2, 0.25) is 0 Å². The lowest BCUT2D eigenvalue weighted by atomic mass is 9.92. The van der Waals surface area contributed by atoms with Crippen LogP contribution in [0.4, 0.5) is 0 Å². The van der Waals surface area contributed by atoms with E-state index in [1.165, 1.54) is 11.1 Å². The summed E-state index contributed by atoms with van der Waals surface area (Å²) >= 11 is 0. The van der Waals surface area contributed by atoms with Crippen LogP contribution in [0.3, 0.4) is 0 Å². The standard InChI is InChI=1S/C23H30O4/c1-15(2)8-6-9-16(3)10-7-12-23(5)13-11-18-19(27-23)14-17(4)20(21(18)24)22(25)26/h8,10-11,13-14,24H,6-7,9,12H2,1-5H3,(H,25,26)/p-1/b16-10+/t23-/m0/s1. The van der Waals surface area contributed by atoms with Crippen molar-refractivity contribution in [1.29, 1.82) is 0 Å². The molecule has 4 heteroatoms. The molecular formula is C23H29O4-. The molecule has 1 aromatic rings. The van der Waals surface area contributed by atoms with E-state index in [0.29, 0.717) is 16.9 Å². The van der Waals surface area contributed by atoms with Gasteiger partial charge in [-0.05, 0) is 78.0 Å². The van der Waals surface area contributed by atoms with Gasteiger partial charge >= 0.3 is 5.97 Å². The zero-order valence-electron chi connectivity index (χ0n) is 16.9. The first-order chi connectivity index (χ1) is 12.6. The van der Waals surface area contributed by atoms with E-state index in [9.17, 15) is 15.0 Å². The van der Waals surface area contributed by atoms with E-state index in [-0.39, 0.29) is 5.56 Å². The van der Waals surface area contributed by atoms with Crippen LogP contribution in [0, 0.1) is 6.92 Å². The highest BCUT2D eigenvalue weighted by molar-refractivity contribution is 5.94. The first-order valence-electron chi connectivity index (χ1n) is 9.38. The number of rotatable bonds is 7. The first kappa shape index (κ1) is 20.8. The molecule has 0 aromatic heterocycles. The number of carboxylic acids is 1. The van der Waals surface area contributed by atoms with Gasteiger partial charge in [-0.15, -0.1) is 0 Å². The lowest BCUT2D eigenvalue weighted by Crippen LogP contribution is -2.32. The molecule has 4 nitrogen and oxygen atoms in total. The second-order valence-electron chi connectivity index (χ2n) is 7.77. The second-order valence-corrected chi connectivity index (χ2v) is 7.77. The van der Waals surface area contributed by atoms with Gasteiger partial charge in [0.1, 0.15) is 11.4 Å². The highest BCUT2D eigenvalue weighted by atomic mass is 16.5. The van der Waals surface area contributed by atoms with Crippen LogP contribution in [0.2, 0.25) is 0 Å². The van der Waals surface area contributed by atoms with Gasteiger partial charge in [0.05, 0.1) is 5.56 Å². The normalized spacial score (nSPS) is 18.6. The molecule has 1 aliphatic rings. The number of aromatic carboxylic acids is 1. The second kappa shape index (κ2) is 8.47. The van der Waals surface area contributed by atoms with Gasteiger partial charge in [-0.2, -0.15) is 0 Å². The van der Waals surface area contributed by atoms with Crippen molar-refractivity contribution >= 4 is 12.0 Å². The fourth-order valence-electron chi connectivity index (χ4n) is 3.26. The molecule has 0 saturated heterocycles. The fourth-order valence-corrected chi connectivity index (χ4v) is 3.26. The highest BCUT2D eigenvalue weighted by Gasteiger charge is 2.28. The van der Waals surface area contributed by atoms with Gasteiger partial charge in [-0.25, -0.2) is 4.79 Å². The Morgan fingerprint density at radius 1 is 1.26 bits per heavy atom. The molecule has 1 heterocycles. The quantitative estimate of drug-likeness (QED) is 0.653. The van der Waals surface area contributed by atoms with Gasteiger partial charge in [-0.3, -0.25) is 0 Å². The van der Waals surface area contributed by atoms with E-state index < -0.39 is 17.3 Å². The van der Waals surface area contributed by atoms with Crippen LogP contribution >= 0.6 is 0 Å². The smallest absolute Gasteiger partial charge is 0.335 e. The number of hydrogen-bond acceptors (Lipinski definition) is 3. The predicted octanol–water partition coefficient (Wildman–Crippen LogP) is 5.40. The predicted molar refractivity (Wildman–Crippen MR) is 107 cm³/mol. The third kappa shape index (κ3) is 5.25. The Balaban J connectivity index is 2.07. The minimum Gasteiger partial charge on any atom is -0.871 e. The van der Waals surface area contributed by atoms with Crippen molar-refractivity contribution in [3.63, 3.8) is 0 Å². The van der Waals surface area contributed by atoms with E-state index in [0.717, 1.165) is 25.7 Å². The lowest BCUT2D eigenvalue weighted by Gasteiger charge is -2.34. The van der Waals surface area contributed by atoms with Crippen LogP contribution in [-0.4, -0.2) is 16.7 Å². The molecule has 0 bridgehead atoms.